The van der Waals surface area contributed by atoms with Crippen LogP contribution in [-0.2, 0) is 11.3 Å². The molecule has 0 radical (unpaired) electrons. The Kier molecular flexibility index (Phi) is 5.51. The smallest absolute Gasteiger partial charge is 0.262 e. The number of ether oxygens (including phenoxy) is 1. The van der Waals surface area contributed by atoms with E-state index in [-0.39, 0.29) is 18.4 Å². The van der Waals surface area contributed by atoms with Crippen molar-refractivity contribution in [1.82, 2.24) is 19.8 Å². The van der Waals surface area contributed by atoms with E-state index in [1.54, 1.807) is 48.8 Å². The maximum Gasteiger partial charge on any atom is 0.262 e. The number of hydrogen-bond acceptors (Lipinski definition) is 6. The lowest BCUT2D eigenvalue weighted by Crippen LogP contribution is -2.51. The SMILES string of the molecule is O=C(CN1C(=O)c2ccccc2Oc2ncccc21)N1CCN(Cc2cccnc2)CC1. The van der Waals surface area contributed by atoms with Gasteiger partial charge in [0.2, 0.25) is 11.8 Å². The Hall–Kier alpha value is -3.78. The highest BCUT2D eigenvalue weighted by Gasteiger charge is 2.32. The second kappa shape index (κ2) is 8.76. The zero-order valence-corrected chi connectivity index (χ0v) is 17.6. The molecule has 0 bridgehead atoms. The summed E-state index contributed by atoms with van der Waals surface area (Å²) in [5.74, 6) is 0.404. The number of hydrogen-bond donors (Lipinski definition) is 0. The van der Waals surface area contributed by atoms with Crippen molar-refractivity contribution in [3.05, 3.63) is 78.2 Å². The molecule has 0 saturated carbocycles. The molecule has 0 spiro atoms. The highest BCUT2D eigenvalue weighted by Crippen LogP contribution is 2.36. The molecule has 2 amide bonds. The van der Waals surface area contributed by atoms with Gasteiger partial charge in [-0.1, -0.05) is 18.2 Å². The monoisotopic (exact) mass is 429 g/mol. The van der Waals surface area contributed by atoms with Crippen molar-refractivity contribution in [1.29, 1.82) is 0 Å². The first-order valence-electron chi connectivity index (χ1n) is 10.6. The van der Waals surface area contributed by atoms with E-state index in [0.717, 1.165) is 25.2 Å². The molecule has 1 fully saturated rings. The number of benzene rings is 1. The quantitative estimate of drug-likeness (QED) is 0.634. The van der Waals surface area contributed by atoms with Crippen molar-refractivity contribution >= 4 is 17.5 Å². The van der Waals surface area contributed by atoms with Crippen molar-refractivity contribution in [3.63, 3.8) is 0 Å². The van der Waals surface area contributed by atoms with E-state index in [9.17, 15) is 9.59 Å². The number of aromatic nitrogens is 2. The maximum atomic E-state index is 13.3. The normalized spacial score (nSPS) is 16.1. The Morgan fingerprint density at radius 1 is 0.969 bits per heavy atom. The van der Waals surface area contributed by atoms with Crippen molar-refractivity contribution in [2.45, 2.75) is 6.54 Å². The minimum absolute atomic E-state index is 0.0577. The molecule has 2 aliphatic heterocycles. The second-order valence-corrected chi connectivity index (χ2v) is 7.84. The van der Waals surface area contributed by atoms with Crippen molar-refractivity contribution in [3.8, 4) is 11.6 Å². The molecular formula is C24H23N5O3. The fourth-order valence-electron chi connectivity index (χ4n) is 4.06. The summed E-state index contributed by atoms with van der Waals surface area (Å²) in [7, 11) is 0. The summed E-state index contributed by atoms with van der Waals surface area (Å²) in [6, 6.07) is 14.5. The standard InChI is InChI=1S/C24H23N5O3/c30-22(28-13-11-27(12-14-28)16-18-5-3-9-25-15-18)17-29-20-7-4-10-26-23(20)32-21-8-2-1-6-19(21)24(29)31/h1-10,15H,11-14,16-17H2. The summed E-state index contributed by atoms with van der Waals surface area (Å²) in [5.41, 5.74) is 2.07. The van der Waals surface area contributed by atoms with Gasteiger partial charge in [-0.25, -0.2) is 4.98 Å². The molecule has 3 aromatic rings. The van der Waals surface area contributed by atoms with Gasteiger partial charge >= 0.3 is 0 Å². The minimum atomic E-state index is -0.268. The van der Waals surface area contributed by atoms with Crippen LogP contribution in [0.25, 0.3) is 0 Å². The molecule has 0 unspecified atom stereocenters. The Balaban J connectivity index is 1.29. The minimum Gasteiger partial charge on any atom is -0.436 e. The number of fused-ring (bicyclic) bond motifs is 2. The van der Waals surface area contributed by atoms with Gasteiger partial charge < -0.3 is 9.64 Å². The number of anilines is 1. The van der Waals surface area contributed by atoms with E-state index in [1.165, 1.54) is 4.90 Å². The lowest BCUT2D eigenvalue weighted by molar-refractivity contribution is -0.131. The predicted octanol–water partition coefficient (Wildman–Crippen LogP) is 2.57. The highest BCUT2D eigenvalue weighted by molar-refractivity contribution is 6.11. The Bertz CT molecular complexity index is 1130. The highest BCUT2D eigenvalue weighted by atomic mass is 16.5. The number of carbonyl (C=O) groups excluding carboxylic acids is 2. The molecule has 32 heavy (non-hydrogen) atoms. The largest absolute Gasteiger partial charge is 0.436 e. The van der Waals surface area contributed by atoms with E-state index < -0.39 is 0 Å². The number of carbonyl (C=O) groups is 2. The first-order valence-corrected chi connectivity index (χ1v) is 10.6. The van der Waals surface area contributed by atoms with Crippen LogP contribution in [0.15, 0.2) is 67.1 Å². The predicted molar refractivity (Wildman–Crippen MR) is 119 cm³/mol. The molecule has 8 nitrogen and oxygen atoms in total. The van der Waals surface area contributed by atoms with Gasteiger partial charge in [-0.3, -0.25) is 24.4 Å². The first-order chi connectivity index (χ1) is 15.7. The van der Waals surface area contributed by atoms with Crippen LogP contribution in [0, 0.1) is 0 Å². The number of pyridine rings is 2. The molecule has 8 heteroatoms. The Morgan fingerprint density at radius 3 is 2.59 bits per heavy atom. The third-order valence-electron chi connectivity index (χ3n) is 5.76. The first kappa shape index (κ1) is 20.1. The maximum absolute atomic E-state index is 13.3. The molecule has 2 aromatic heterocycles. The van der Waals surface area contributed by atoms with Crippen molar-refractivity contribution in [2.24, 2.45) is 0 Å². The Labute approximate surface area is 186 Å². The average Bonchev–Trinajstić information content (AvgIpc) is 2.95. The van der Waals surface area contributed by atoms with Crippen LogP contribution in [0.1, 0.15) is 15.9 Å². The molecule has 162 valence electrons. The van der Waals surface area contributed by atoms with Crippen LogP contribution in [0.5, 0.6) is 11.6 Å². The topological polar surface area (TPSA) is 78.9 Å². The van der Waals surface area contributed by atoms with Gasteiger partial charge in [0.25, 0.3) is 5.91 Å². The van der Waals surface area contributed by atoms with Crippen LogP contribution in [0.2, 0.25) is 0 Å². The van der Waals surface area contributed by atoms with Gasteiger partial charge in [0.15, 0.2) is 0 Å². The zero-order valence-electron chi connectivity index (χ0n) is 17.6. The molecule has 1 saturated heterocycles. The molecule has 0 aliphatic carbocycles. The van der Waals surface area contributed by atoms with Gasteiger partial charge in [0.1, 0.15) is 18.0 Å². The van der Waals surface area contributed by atoms with E-state index >= 15 is 0 Å². The fourth-order valence-corrected chi connectivity index (χ4v) is 4.06. The summed E-state index contributed by atoms with van der Waals surface area (Å²) in [6.07, 6.45) is 5.24. The molecule has 1 aromatic carbocycles. The third-order valence-corrected chi connectivity index (χ3v) is 5.76. The van der Waals surface area contributed by atoms with Crippen molar-refractivity contribution < 1.29 is 14.3 Å². The summed E-state index contributed by atoms with van der Waals surface area (Å²) in [4.78, 5) is 40.5. The lowest BCUT2D eigenvalue weighted by Gasteiger charge is -2.35. The third kappa shape index (κ3) is 4.04. The number of piperazine rings is 1. The molecule has 4 heterocycles. The van der Waals surface area contributed by atoms with E-state index in [2.05, 4.69) is 20.9 Å². The molecule has 5 rings (SSSR count). The number of amides is 2. The van der Waals surface area contributed by atoms with Crippen LogP contribution >= 0.6 is 0 Å². The van der Waals surface area contributed by atoms with Gasteiger partial charge in [-0.15, -0.1) is 0 Å². The van der Waals surface area contributed by atoms with E-state index in [1.807, 2.05) is 17.2 Å². The lowest BCUT2D eigenvalue weighted by atomic mass is 10.1. The number of rotatable bonds is 4. The number of nitrogens with zero attached hydrogens (tertiary/aromatic N) is 5. The molecular weight excluding hydrogens is 406 g/mol. The van der Waals surface area contributed by atoms with Crippen LogP contribution in [0.4, 0.5) is 5.69 Å². The second-order valence-electron chi connectivity index (χ2n) is 7.84. The molecule has 0 N–H and O–H groups in total. The van der Waals surface area contributed by atoms with Gasteiger partial charge in [-0.05, 0) is 35.9 Å². The molecule has 2 aliphatic rings. The van der Waals surface area contributed by atoms with Gasteiger partial charge in [-0.2, -0.15) is 0 Å². The van der Waals surface area contributed by atoms with Crippen LogP contribution in [-0.4, -0.2) is 64.3 Å². The molecule has 0 atom stereocenters. The van der Waals surface area contributed by atoms with Crippen LogP contribution < -0.4 is 9.64 Å². The van der Waals surface area contributed by atoms with E-state index in [0.29, 0.717) is 36.0 Å². The van der Waals surface area contributed by atoms with E-state index in [4.69, 9.17) is 4.74 Å². The zero-order chi connectivity index (χ0) is 21.9. The summed E-state index contributed by atoms with van der Waals surface area (Å²) in [6.45, 7) is 3.55. The average molecular weight is 429 g/mol. The van der Waals surface area contributed by atoms with Crippen LogP contribution in [0.3, 0.4) is 0 Å². The summed E-state index contributed by atoms with van der Waals surface area (Å²) < 4.78 is 5.89. The Morgan fingerprint density at radius 2 is 1.78 bits per heavy atom. The van der Waals surface area contributed by atoms with Gasteiger partial charge in [0.05, 0.1) is 5.56 Å². The summed E-state index contributed by atoms with van der Waals surface area (Å²) in [5, 5.41) is 0. The fraction of sp³-hybridized carbons (Fsp3) is 0.250. The number of para-hydroxylation sites is 1. The van der Waals surface area contributed by atoms with Crippen molar-refractivity contribution in [2.75, 3.05) is 37.6 Å². The summed E-state index contributed by atoms with van der Waals surface area (Å²) >= 11 is 0. The van der Waals surface area contributed by atoms with Gasteiger partial charge in [0, 0.05) is 51.3 Å².